The number of aromatic nitrogens is 5. The number of piperidine rings is 1. The molecule has 1 aliphatic carbocycles. The number of benzene rings is 3. The molecule has 3 aromatic carbocycles. The van der Waals surface area contributed by atoms with Crippen LogP contribution in [0.2, 0.25) is 0 Å². The van der Waals surface area contributed by atoms with Gasteiger partial charge in [0.25, 0.3) is 0 Å². The van der Waals surface area contributed by atoms with E-state index in [0.717, 1.165) is 74.0 Å². The number of hydrogen-bond donors (Lipinski definition) is 5. The molecule has 2 aliphatic heterocycles. The number of aryl methyl sites for hydroxylation is 1. The first-order valence-electron chi connectivity index (χ1n) is 20.6. The monoisotopic (exact) mass is 824 g/mol. The summed E-state index contributed by atoms with van der Waals surface area (Å²) in [6.45, 7) is 11.7. The second-order valence-corrected chi connectivity index (χ2v) is 17.3. The van der Waals surface area contributed by atoms with Crippen molar-refractivity contribution in [3.05, 3.63) is 88.8 Å². The number of ether oxygens (including phenoxy) is 1. The Morgan fingerprint density at radius 3 is 2.61 bits per heavy atom. The van der Waals surface area contributed by atoms with E-state index in [1.54, 1.807) is 18.3 Å². The number of rotatable bonds is 12. The van der Waals surface area contributed by atoms with Gasteiger partial charge in [-0.3, -0.25) is 29.4 Å². The maximum atomic E-state index is 13.6. The highest BCUT2D eigenvalue weighted by molar-refractivity contribution is 6.15. The van der Waals surface area contributed by atoms with Gasteiger partial charge < -0.3 is 30.2 Å². The van der Waals surface area contributed by atoms with Gasteiger partial charge in [-0.2, -0.15) is 4.98 Å². The van der Waals surface area contributed by atoms with Crippen molar-refractivity contribution in [2.75, 3.05) is 30.4 Å². The van der Waals surface area contributed by atoms with Crippen molar-refractivity contribution >= 4 is 56.9 Å². The number of carbonyl (C=O) groups is 4. The molecule has 0 bridgehead atoms. The van der Waals surface area contributed by atoms with Crippen LogP contribution in [-0.4, -0.2) is 75.0 Å². The van der Waals surface area contributed by atoms with Gasteiger partial charge in [0, 0.05) is 48.1 Å². The molecule has 9 rings (SSSR count). The van der Waals surface area contributed by atoms with Crippen molar-refractivity contribution in [3.8, 4) is 17.0 Å². The van der Waals surface area contributed by atoms with E-state index in [2.05, 4.69) is 53.5 Å². The van der Waals surface area contributed by atoms with Crippen LogP contribution in [0.3, 0.4) is 0 Å². The number of aromatic amines is 1. The first-order valence-corrected chi connectivity index (χ1v) is 20.6. The Hall–Kier alpha value is -6.68. The Labute approximate surface area is 351 Å². The lowest BCUT2D eigenvalue weighted by Gasteiger charge is -2.30. The molecular weight excluding hydrogens is 777 g/mol. The van der Waals surface area contributed by atoms with Crippen LogP contribution in [0.1, 0.15) is 98.2 Å². The summed E-state index contributed by atoms with van der Waals surface area (Å²) in [6, 6.07) is 15.1. The molecule has 16 heteroatoms. The van der Waals surface area contributed by atoms with Gasteiger partial charge >= 0.3 is 11.8 Å². The van der Waals surface area contributed by atoms with E-state index >= 15 is 0 Å². The van der Waals surface area contributed by atoms with Gasteiger partial charge in [-0.1, -0.05) is 50.2 Å². The molecule has 1 spiro atoms. The number of hydrogen-bond acceptors (Lipinski definition) is 12. The van der Waals surface area contributed by atoms with Crippen molar-refractivity contribution in [2.24, 2.45) is 0 Å². The fraction of sp³-hybridized carbons (Fsp3) is 0.378. The minimum Gasteiger partial charge on any atom is -0.495 e. The Morgan fingerprint density at radius 1 is 1.07 bits per heavy atom. The van der Waals surface area contributed by atoms with E-state index in [9.17, 15) is 19.2 Å². The number of imide groups is 1. The van der Waals surface area contributed by atoms with Gasteiger partial charge in [-0.15, -0.1) is 0 Å². The maximum absolute atomic E-state index is 13.6. The smallest absolute Gasteiger partial charge is 0.315 e. The van der Waals surface area contributed by atoms with Gasteiger partial charge in [-0.25, -0.2) is 9.97 Å². The molecule has 3 aliphatic rings. The zero-order chi connectivity index (χ0) is 42.8. The van der Waals surface area contributed by atoms with Gasteiger partial charge in [0.05, 0.1) is 40.9 Å². The molecule has 2 fully saturated rings. The number of nitrogens with zero attached hydrogens (tertiary/aromatic N) is 5. The zero-order valence-corrected chi connectivity index (χ0v) is 35.0. The molecular formula is C45H48N10O6. The molecule has 1 saturated heterocycles. The predicted octanol–water partition coefficient (Wildman–Crippen LogP) is 5.65. The summed E-state index contributed by atoms with van der Waals surface area (Å²) >= 11 is 0. The van der Waals surface area contributed by atoms with Crippen LogP contribution < -0.4 is 30.9 Å². The van der Waals surface area contributed by atoms with Gasteiger partial charge in [0.1, 0.15) is 23.8 Å². The lowest BCUT2D eigenvalue weighted by Crippen LogP contribution is -2.54. The van der Waals surface area contributed by atoms with Crippen LogP contribution in [0.25, 0.3) is 33.2 Å². The normalized spacial score (nSPS) is 17.5. The first-order chi connectivity index (χ1) is 29.3. The molecule has 4 amide bonds. The Bertz CT molecular complexity index is 2760. The summed E-state index contributed by atoms with van der Waals surface area (Å²) < 4.78 is 11.1. The second kappa shape index (κ2) is 15.1. The summed E-state index contributed by atoms with van der Waals surface area (Å²) in [5, 5.41) is 18.2. The first kappa shape index (κ1) is 39.8. The number of H-pyrrole nitrogens is 1. The van der Waals surface area contributed by atoms with Crippen molar-refractivity contribution in [3.63, 3.8) is 0 Å². The number of fused-ring (bicyclic) bond motifs is 5. The average Bonchev–Trinajstić information content (AvgIpc) is 3.61. The van der Waals surface area contributed by atoms with Gasteiger partial charge in [-0.05, 0) is 79.6 Å². The highest BCUT2D eigenvalue weighted by atomic mass is 16.5. The second-order valence-electron chi connectivity index (χ2n) is 17.3. The molecule has 1 saturated carbocycles. The number of methoxy groups -OCH3 is 1. The molecule has 0 radical (unpaired) electrons. The molecule has 1 unspecified atom stereocenters. The number of anilines is 2. The van der Waals surface area contributed by atoms with Crippen LogP contribution in [0.5, 0.6) is 5.75 Å². The van der Waals surface area contributed by atoms with E-state index in [0.29, 0.717) is 43.3 Å². The highest BCUT2D eigenvalue weighted by Gasteiger charge is 2.61. The summed E-state index contributed by atoms with van der Waals surface area (Å²) in [7, 11) is 1.65. The third-order valence-electron chi connectivity index (χ3n) is 12.0. The third kappa shape index (κ3) is 7.13. The van der Waals surface area contributed by atoms with E-state index in [4.69, 9.17) is 14.2 Å². The minimum atomic E-state index is -0.665. The van der Waals surface area contributed by atoms with Crippen LogP contribution in [-0.2, 0) is 31.8 Å². The van der Waals surface area contributed by atoms with Crippen molar-refractivity contribution in [1.29, 1.82) is 0 Å². The zero-order valence-electron chi connectivity index (χ0n) is 35.0. The summed E-state index contributed by atoms with van der Waals surface area (Å²) in [5.41, 5.74) is 7.89. The Morgan fingerprint density at radius 2 is 1.89 bits per heavy atom. The number of carbonyl (C=O) groups excluding carboxylic acids is 4. The maximum Gasteiger partial charge on any atom is 0.315 e. The highest BCUT2D eigenvalue weighted by Crippen LogP contribution is 2.58. The van der Waals surface area contributed by atoms with E-state index in [-0.39, 0.29) is 35.6 Å². The van der Waals surface area contributed by atoms with Gasteiger partial charge in [0.15, 0.2) is 5.82 Å². The SMILES string of the molecule is COc1cc2c(cc1NCCNCc1ccc3c(c1)C1(CC1)C(=O)N3C1CCC(=O)NC1=O)[nH]c1ncnc(-c3ccc([C@@H](C)NC(=O)c4nc(C(C)(C)C)no4)c(C)c3)c12. The topological polar surface area (TPSA) is 209 Å². The summed E-state index contributed by atoms with van der Waals surface area (Å²) in [4.78, 5) is 69.7. The van der Waals surface area contributed by atoms with Crippen molar-refractivity contribution in [2.45, 2.75) is 89.8 Å². The lowest BCUT2D eigenvalue weighted by atomic mass is 9.96. The molecule has 16 nitrogen and oxygen atoms in total. The largest absolute Gasteiger partial charge is 0.495 e. The third-order valence-corrected chi connectivity index (χ3v) is 12.0. The summed E-state index contributed by atoms with van der Waals surface area (Å²) in [6.07, 6.45) is 3.63. The Balaban J connectivity index is 0.865. The lowest BCUT2D eigenvalue weighted by molar-refractivity contribution is -0.135. The van der Waals surface area contributed by atoms with Gasteiger partial charge in [0.2, 0.25) is 17.7 Å². The quantitative estimate of drug-likeness (QED) is 0.0749. The molecule has 6 aromatic rings. The average molecular weight is 825 g/mol. The fourth-order valence-corrected chi connectivity index (χ4v) is 8.65. The predicted molar refractivity (Wildman–Crippen MR) is 228 cm³/mol. The van der Waals surface area contributed by atoms with Crippen LogP contribution in [0.4, 0.5) is 11.4 Å². The van der Waals surface area contributed by atoms with E-state index in [1.165, 1.54) is 0 Å². The van der Waals surface area contributed by atoms with E-state index < -0.39 is 23.3 Å². The summed E-state index contributed by atoms with van der Waals surface area (Å²) in [5.74, 6) is -0.0954. The van der Waals surface area contributed by atoms with Crippen molar-refractivity contribution in [1.82, 2.24) is 41.0 Å². The van der Waals surface area contributed by atoms with Crippen LogP contribution in [0, 0.1) is 6.92 Å². The number of amides is 4. The number of nitrogens with one attached hydrogen (secondary N) is 5. The molecule has 5 heterocycles. The van der Waals surface area contributed by atoms with Crippen LogP contribution in [0.15, 0.2) is 59.4 Å². The van der Waals surface area contributed by atoms with E-state index in [1.807, 2.05) is 71.0 Å². The molecule has 61 heavy (non-hydrogen) atoms. The van der Waals surface area contributed by atoms with Crippen molar-refractivity contribution < 1.29 is 28.4 Å². The fourth-order valence-electron chi connectivity index (χ4n) is 8.65. The standard InChI is InChI=1S/C45H48N10O6/c1-23-17-26(8-9-27(23)24(2)50-40(58)41-53-42(54-61-41)44(3,4)5)37-36-28-19-34(60-6)31(20-30(28)51-38(36)49-22-48-37)47-16-15-46-21-25-7-10-32-29(18-25)45(13-14-45)43(59)55(32)33-11-12-35(56)52-39(33)57/h7-10,17-20,22,24,33,46-47H,11-16,21H2,1-6H3,(H,50,58)(H,48,49,51)(H,52,56,57)/t24-,33?/m1/s1. The van der Waals surface area contributed by atoms with Crippen LogP contribution >= 0.6 is 0 Å². The molecule has 3 aromatic heterocycles. The molecule has 5 N–H and O–H groups in total. The minimum absolute atomic E-state index is 0.0358. The molecule has 2 atom stereocenters. The Kier molecular flexibility index (Phi) is 9.84. The molecule has 314 valence electrons.